The number of nitrogens with zero attached hydrogens (tertiary/aromatic N) is 4. The van der Waals surface area contributed by atoms with E-state index in [4.69, 9.17) is 14.1 Å². The summed E-state index contributed by atoms with van der Waals surface area (Å²) in [5.41, 5.74) is 1.92. The lowest BCUT2D eigenvalue weighted by atomic mass is 10.2. The molecule has 5 rings (SSSR count). The number of furan rings is 1. The van der Waals surface area contributed by atoms with Crippen molar-refractivity contribution in [2.75, 3.05) is 7.11 Å². The van der Waals surface area contributed by atoms with Gasteiger partial charge in [0.15, 0.2) is 15.3 Å². The number of rotatable bonds is 6. The lowest BCUT2D eigenvalue weighted by Crippen LogP contribution is -2.03. The van der Waals surface area contributed by atoms with Gasteiger partial charge in [0.05, 0.1) is 30.1 Å². The standard InChI is InChI=1S/C21H16N4O2S2/c1-26-15-7-4-6-14(12-15)19-23-24-20(25(19)13-16-8-5-11-27-16)29-21-22-17-9-2-3-10-18(17)28-21/h2-12H,13H2,1H3. The van der Waals surface area contributed by atoms with Crippen LogP contribution in [0.15, 0.2) is 80.8 Å². The van der Waals surface area contributed by atoms with E-state index in [2.05, 4.69) is 16.3 Å². The predicted molar refractivity (Wildman–Crippen MR) is 114 cm³/mol. The fourth-order valence-electron chi connectivity index (χ4n) is 3.01. The second-order valence-electron chi connectivity index (χ2n) is 6.25. The molecule has 0 saturated heterocycles. The van der Waals surface area contributed by atoms with Gasteiger partial charge in [0.25, 0.3) is 0 Å². The van der Waals surface area contributed by atoms with Gasteiger partial charge in [0, 0.05) is 5.56 Å². The zero-order chi connectivity index (χ0) is 19.6. The van der Waals surface area contributed by atoms with Crippen LogP contribution in [0.4, 0.5) is 0 Å². The summed E-state index contributed by atoms with van der Waals surface area (Å²) in [6, 6.07) is 19.7. The van der Waals surface area contributed by atoms with Crippen LogP contribution in [0, 0.1) is 0 Å². The van der Waals surface area contributed by atoms with E-state index in [0.29, 0.717) is 6.54 Å². The van der Waals surface area contributed by atoms with Crippen molar-refractivity contribution in [1.29, 1.82) is 0 Å². The number of ether oxygens (including phenoxy) is 1. The van der Waals surface area contributed by atoms with Crippen molar-refractivity contribution < 1.29 is 9.15 Å². The molecule has 2 aromatic carbocycles. The Hall–Kier alpha value is -3.10. The third kappa shape index (κ3) is 3.64. The third-order valence-corrected chi connectivity index (χ3v) is 6.47. The Morgan fingerprint density at radius 3 is 2.83 bits per heavy atom. The van der Waals surface area contributed by atoms with Crippen LogP contribution in [-0.2, 0) is 6.54 Å². The monoisotopic (exact) mass is 420 g/mol. The highest BCUT2D eigenvalue weighted by molar-refractivity contribution is 8.01. The fourth-order valence-corrected chi connectivity index (χ4v) is 5.01. The quantitative estimate of drug-likeness (QED) is 0.369. The number of para-hydroxylation sites is 1. The smallest absolute Gasteiger partial charge is 0.199 e. The maximum atomic E-state index is 5.57. The molecule has 0 radical (unpaired) electrons. The lowest BCUT2D eigenvalue weighted by Gasteiger charge is -2.09. The maximum Gasteiger partial charge on any atom is 0.199 e. The first kappa shape index (κ1) is 18.0. The Bertz CT molecular complexity index is 1230. The SMILES string of the molecule is COc1cccc(-c2nnc(Sc3nc4ccccc4s3)n2Cc2ccco2)c1. The van der Waals surface area contributed by atoms with Gasteiger partial charge in [-0.15, -0.1) is 21.5 Å². The van der Waals surface area contributed by atoms with Gasteiger partial charge in [-0.3, -0.25) is 4.57 Å². The van der Waals surface area contributed by atoms with Crippen LogP contribution in [0.1, 0.15) is 5.76 Å². The van der Waals surface area contributed by atoms with Gasteiger partial charge < -0.3 is 9.15 Å². The number of fused-ring (bicyclic) bond motifs is 1. The number of aromatic nitrogens is 4. The van der Waals surface area contributed by atoms with Crippen LogP contribution < -0.4 is 4.74 Å². The minimum atomic E-state index is 0.528. The average molecular weight is 421 g/mol. The zero-order valence-corrected chi connectivity index (χ0v) is 17.1. The summed E-state index contributed by atoms with van der Waals surface area (Å²) in [6.07, 6.45) is 1.67. The summed E-state index contributed by atoms with van der Waals surface area (Å²) < 4.78 is 15.1. The molecule has 0 unspecified atom stereocenters. The summed E-state index contributed by atoms with van der Waals surface area (Å²) in [4.78, 5) is 4.71. The Morgan fingerprint density at radius 2 is 2.00 bits per heavy atom. The molecule has 3 aromatic heterocycles. The molecule has 0 aliphatic carbocycles. The first-order chi connectivity index (χ1) is 14.3. The van der Waals surface area contributed by atoms with Crippen LogP contribution in [0.3, 0.4) is 0 Å². The highest BCUT2D eigenvalue weighted by Gasteiger charge is 2.18. The number of benzene rings is 2. The fraction of sp³-hybridized carbons (Fsp3) is 0.0952. The molecular weight excluding hydrogens is 404 g/mol. The average Bonchev–Trinajstić information content (AvgIpc) is 3.49. The second kappa shape index (κ2) is 7.73. The zero-order valence-electron chi connectivity index (χ0n) is 15.5. The molecule has 0 aliphatic rings. The first-order valence-electron chi connectivity index (χ1n) is 8.93. The second-order valence-corrected chi connectivity index (χ2v) is 8.50. The van der Waals surface area contributed by atoms with E-state index in [9.17, 15) is 0 Å². The molecule has 8 heteroatoms. The van der Waals surface area contributed by atoms with E-state index in [-0.39, 0.29) is 0 Å². The van der Waals surface area contributed by atoms with Crippen molar-refractivity contribution in [2.45, 2.75) is 16.0 Å². The molecule has 5 aromatic rings. The molecule has 0 N–H and O–H groups in total. The van der Waals surface area contributed by atoms with Gasteiger partial charge in [-0.1, -0.05) is 24.3 Å². The minimum Gasteiger partial charge on any atom is -0.497 e. The molecule has 0 saturated carbocycles. The molecule has 6 nitrogen and oxygen atoms in total. The van der Waals surface area contributed by atoms with Crippen LogP contribution in [-0.4, -0.2) is 26.9 Å². The molecule has 0 atom stereocenters. The van der Waals surface area contributed by atoms with Crippen LogP contribution in [0.5, 0.6) is 5.75 Å². The highest BCUT2D eigenvalue weighted by Crippen LogP contribution is 2.35. The van der Waals surface area contributed by atoms with Crippen molar-refractivity contribution in [3.05, 3.63) is 72.7 Å². The number of hydrogen-bond donors (Lipinski definition) is 0. The van der Waals surface area contributed by atoms with E-state index < -0.39 is 0 Å². The summed E-state index contributed by atoms with van der Waals surface area (Å²) in [7, 11) is 1.65. The highest BCUT2D eigenvalue weighted by atomic mass is 32.2. The van der Waals surface area contributed by atoms with E-state index in [0.717, 1.165) is 42.6 Å². The molecule has 144 valence electrons. The van der Waals surface area contributed by atoms with E-state index >= 15 is 0 Å². The Kier molecular flexibility index (Phi) is 4.79. The molecule has 0 bridgehead atoms. The maximum absolute atomic E-state index is 5.57. The van der Waals surface area contributed by atoms with Crippen molar-refractivity contribution in [3.63, 3.8) is 0 Å². The van der Waals surface area contributed by atoms with E-state index in [1.807, 2.05) is 59.2 Å². The number of methoxy groups -OCH3 is 1. The van der Waals surface area contributed by atoms with Gasteiger partial charge in [0.1, 0.15) is 11.5 Å². The van der Waals surface area contributed by atoms with Crippen molar-refractivity contribution in [1.82, 2.24) is 19.7 Å². The van der Waals surface area contributed by atoms with Gasteiger partial charge in [0.2, 0.25) is 0 Å². The topological polar surface area (TPSA) is 66.0 Å². The predicted octanol–water partition coefficient (Wildman–Crippen LogP) is 5.36. The summed E-state index contributed by atoms with van der Waals surface area (Å²) in [6.45, 7) is 0.528. The van der Waals surface area contributed by atoms with Gasteiger partial charge >= 0.3 is 0 Å². The van der Waals surface area contributed by atoms with Crippen LogP contribution >= 0.6 is 23.1 Å². The van der Waals surface area contributed by atoms with Crippen molar-refractivity contribution >= 4 is 33.3 Å². The Labute approximate surface area is 175 Å². The molecule has 29 heavy (non-hydrogen) atoms. The largest absolute Gasteiger partial charge is 0.497 e. The lowest BCUT2D eigenvalue weighted by molar-refractivity contribution is 0.415. The van der Waals surface area contributed by atoms with E-state index in [1.165, 1.54) is 11.8 Å². The molecule has 0 spiro atoms. The Balaban J connectivity index is 1.56. The normalized spacial score (nSPS) is 11.2. The van der Waals surface area contributed by atoms with E-state index in [1.54, 1.807) is 24.7 Å². The molecule has 0 aliphatic heterocycles. The summed E-state index contributed by atoms with van der Waals surface area (Å²) >= 11 is 3.16. The molecule has 0 fully saturated rings. The molecule has 0 amide bonds. The third-order valence-electron chi connectivity index (χ3n) is 4.39. The van der Waals surface area contributed by atoms with Crippen LogP contribution in [0.2, 0.25) is 0 Å². The first-order valence-corrected chi connectivity index (χ1v) is 10.6. The van der Waals surface area contributed by atoms with Gasteiger partial charge in [-0.05, 0) is 48.2 Å². The summed E-state index contributed by atoms with van der Waals surface area (Å²) in [5.74, 6) is 2.36. The van der Waals surface area contributed by atoms with Gasteiger partial charge in [-0.2, -0.15) is 0 Å². The van der Waals surface area contributed by atoms with Crippen molar-refractivity contribution in [2.24, 2.45) is 0 Å². The Morgan fingerprint density at radius 1 is 1.07 bits per heavy atom. The van der Waals surface area contributed by atoms with Crippen molar-refractivity contribution in [3.8, 4) is 17.1 Å². The summed E-state index contributed by atoms with van der Waals surface area (Å²) in [5, 5.41) is 9.68. The minimum absolute atomic E-state index is 0.528. The van der Waals surface area contributed by atoms with Crippen LogP contribution in [0.25, 0.3) is 21.6 Å². The molecular formula is C21H16N4O2S2. The number of hydrogen-bond acceptors (Lipinski definition) is 7. The molecule has 3 heterocycles. The van der Waals surface area contributed by atoms with Gasteiger partial charge in [-0.25, -0.2) is 4.98 Å². The number of thiazole rings is 1.